The Morgan fingerprint density at radius 1 is 0.966 bits per heavy atom. The van der Waals surface area contributed by atoms with E-state index < -0.39 is 0 Å². The first-order valence-corrected chi connectivity index (χ1v) is 8.97. The number of nitrogens with zero attached hydrogens (tertiary/aromatic N) is 3. The second kappa shape index (κ2) is 7.51. The number of H-pyrrole nitrogens is 1. The number of hydrogen-bond donors (Lipinski definition) is 3. The van der Waals surface area contributed by atoms with Crippen molar-refractivity contribution in [3.05, 3.63) is 60.4 Å². The summed E-state index contributed by atoms with van der Waals surface area (Å²) in [5.41, 5.74) is 4.00. The van der Waals surface area contributed by atoms with Gasteiger partial charge in [-0.25, -0.2) is 15.0 Å². The van der Waals surface area contributed by atoms with Crippen molar-refractivity contribution in [2.75, 3.05) is 10.6 Å². The number of nitrogens with one attached hydrogen (secondary N) is 3. The number of fused-ring (bicyclic) bond motifs is 1. The van der Waals surface area contributed by atoms with Gasteiger partial charge in [-0.15, -0.1) is 0 Å². The topological polar surface area (TPSA) is 113 Å². The number of anilines is 3. The SMILES string of the molecule is CC(=O)Nc1ccc(Nc2nc(-c3cccc(C(C)=O)c3)nc3nc[nH]c23)cc1. The fraction of sp³-hybridized carbons (Fsp3) is 0.0952. The lowest BCUT2D eigenvalue weighted by molar-refractivity contribution is -0.114. The Morgan fingerprint density at radius 2 is 1.72 bits per heavy atom. The number of rotatable bonds is 5. The van der Waals surface area contributed by atoms with E-state index in [1.54, 1.807) is 36.7 Å². The summed E-state index contributed by atoms with van der Waals surface area (Å²) >= 11 is 0. The second-order valence-electron chi connectivity index (χ2n) is 6.52. The van der Waals surface area contributed by atoms with E-state index >= 15 is 0 Å². The van der Waals surface area contributed by atoms with E-state index in [0.29, 0.717) is 34.1 Å². The molecule has 2 aromatic heterocycles. The summed E-state index contributed by atoms with van der Waals surface area (Å²) in [6, 6.07) is 14.5. The number of carbonyl (C=O) groups excluding carboxylic acids is 2. The van der Waals surface area contributed by atoms with E-state index in [2.05, 4.69) is 30.6 Å². The van der Waals surface area contributed by atoms with Gasteiger partial charge in [-0.2, -0.15) is 0 Å². The molecule has 0 aliphatic rings. The van der Waals surface area contributed by atoms with Gasteiger partial charge in [0.1, 0.15) is 5.52 Å². The lowest BCUT2D eigenvalue weighted by Gasteiger charge is -2.10. The van der Waals surface area contributed by atoms with Crippen LogP contribution in [0.1, 0.15) is 24.2 Å². The zero-order valence-electron chi connectivity index (χ0n) is 15.9. The zero-order chi connectivity index (χ0) is 20.4. The minimum Gasteiger partial charge on any atom is -0.340 e. The third kappa shape index (κ3) is 3.96. The van der Waals surface area contributed by atoms with Gasteiger partial charge in [-0.1, -0.05) is 18.2 Å². The molecule has 0 saturated heterocycles. The van der Waals surface area contributed by atoms with Crippen molar-refractivity contribution in [2.24, 2.45) is 0 Å². The molecule has 8 heteroatoms. The molecule has 29 heavy (non-hydrogen) atoms. The molecule has 8 nitrogen and oxygen atoms in total. The summed E-state index contributed by atoms with van der Waals surface area (Å²) < 4.78 is 0. The largest absolute Gasteiger partial charge is 0.340 e. The molecule has 0 aliphatic carbocycles. The monoisotopic (exact) mass is 386 g/mol. The van der Waals surface area contributed by atoms with Crippen LogP contribution in [-0.2, 0) is 4.79 Å². The van der Waals surface area contributed by atoms with E-state index in [1.807, 2.05) is 18.2 Å². The van der Waals surface area contributed by atoms with Crippen molar-refractivity contribution < 1.29 is 9.59 Å². The molecule has 4 rings (SSSR count). The predicted octanol–water partition coefficient (Wildman–Crippen LogP) is 3.92. The molecular formula is C21H18N6O2. The van der Waals surface area contributed by atoms with Crippen LogP contribution in [0.15, 0.2) is 54.9 Å². The summed E-state index contributed by atoms with van der Waals surface area (Å²) in [6.07, 6.45) is 1.56. The smallest absolute Gasteiger partial charge is 0.221 e. The van der Waals surface area contributed by atoms with Gasteiger partial charge in [0.05, 0.1) is 6.33 Å². The quantitative estimate of drug-likeness (QED) is 0.448. The molecule has 2 heterocycles. The lowest BCUT2D eigenvalue weighted by Crippen LogP contribution is -2.05. The van der Waals surface area contributed by atoms with Gasteiger partial charge in [0.25, 0.3) is 0 Å². The van der Waals surface area contributed by atoms with Gasteiger partial charge in [0.15, 0.2) is 23.1 Å². The molecule has 0 saturated carbocycles. The van der Waals surface area contributed by atoms with Gasteiger partial charge in [0.2, 0.25) is 5.91 Å². The Balaban J connectivity index is 1.71. The second-order valence-corrected chi connectivity index (χ2v) is 6.52. The first-order valence-electron chi connectivity index (χ1n) is 8.97. The number of aromatic nitrogens is 4. The Morgan fingerprint density at radius 3 is 2.45 bits per heavy atom. The highest BCUT2D eigenvalue weighted by atomic mass is 16.1. The minimum absolute atomic E-state index is 0.0229. The van der Waals surface area contributed by atoms with Gasteiger partial charge < -0.3 is 15.6 Å². The molecule has 0 spiro atoms. The van der Waals surface area contributed by atoms with Gasteiger partial charge in [-0.3, -0.25) is 9.59 Å². The van der Waals surface area contributed by atoms with Crippen LogP contribution in [0.25, 0.3) is 22.6 Å². The molecule has 0 unspecified atom stereocenters. The maximum absolute atomic E-state index is 11.7. The highest BCUT2D eigenvalue weighted by Gasteiger charge is 2.13. The summed E-state index contributed by atoms with van der Waals surface area (Å²) in [6.45, 7) is 2.99. The molecule has 144 valence electrons. The van der Waals surface area contributed by atoms with Gasteiger partial charge in [-0.05, 0) is 37.3 Å². The van der Waals surface area contributed by atoms with Crippen molar-refractivity contribution in [3.8, 4) is 11.4 Å². The number of aromatic amines is 1. The maximum atomic E-state index is 11.7. The highest BCUT2D eigenvalue weighted by Crippen LogP contribution is 2.26. The zero-order valence-corrected chi connectivity index (χ0v) is 15.9. The summed E-state index contributed by atoms with van der Waals surface area (Å²) in [5.74, 6) is 0.872. The number of carbonyl (C=O) groups is 2. The number of Topliss-reactive ketones (excluding diaryl/α,β-unsaturated/α-hetero) is 1. The first-order chi connectivity index (χ1) is 14.0. The number of ketones is 1. The number of imidazole rings is 1. The fourth-order valence-electron chi connectivity index (χ4n) is 2.91. The van der Waals surface area contributed by atoms with Crippen LogP contribution in [0.3, 0.4) is 0 Å². The number of amides is 1. The molecular weight excluding hydrogens is 368 g/mol. The van der Waals surface area contributed by atoms with E-state index in [4.69, 9.17) is 0 Å². The summed E-state index contributed by atoms with van der Waals surface area (Å²) in [7, 11) is 0. The van der Waals surface area contributed by atoms with E-state index in [-0.39, 0.29) is 11.7 Å². The van der Waals surface area contributed by atoms with Crippen LogP contribution >= 0.6 is 0 Å². The standard InChI is InChI=1S/C21H18N6O2/c1-12(28)14-4-3-5-15(10-14)19-26-20-18(22-11-23-20)21(27-19)25-17-8-6-16(7-9-17)24-13(2)29/h3-11H,1-2H3,(H,24,29)(H2,22,23,25,26,27). The molecule has 0 atom stereocenters. The Labute approximate surface area is 166 Å². The molecule has 4 aromatic rings. The molecule has 1 amide bonds. The predicted molar refractivity (Wildman–Crippen MR) is 111 cm³/mol. The van der Waals surface area contributed by atoms with Crippen LogP contribution in [0.2, 0.25) is 0 Å². The van der Waals surface area contributed by atoms with Gasteiger partial charge >= 0.3 is 0 Å². The van der Waals surface area contributed by atoms with Crippen molar-refractivity contribution in [1.82, 2.24) is 19.9 Å². The molecule has 0 radical (unpaired) electrons. The minimum atomic E-state index is -0.127. The van der Waals surface area contributed by atoms with Gasteiger partial charge in [0, 0.05) is 29.4 Å². The van der Waals surface area contributed by atoms with E-state index in [9.17, 15) is 9.59 Å². The van der Waals surface area contributed by atoms with Crippen molar-refractivity contribution in [2.45, 2.75) is 13.8 Å². The van der Waals surface area contributed by atoms with Crippen LogP contribution in [0, 0.1) is 0 Å². The summed E-state index contributed by atoms with van der Waals surface area (Å²) in [4.78, 5) is 39.3. The van der Waals surface area contributed by atoms with Crippen molar-refractivity contribution >= 4 is 40.0 Å². The molecule has 2 aromatic carbocycles. The van der Waals surface area contributed by atoms with Crippen molar-refractivity contribution in [1.29, 1.82) is 0 Å². The normalized spacial score (nSPS) is 10.7. The number of hydrogen-bond acceptors (Lipinski definition) is 6. The maximum Gasteiger partial charge on any atom is 0.221 e. The van der Waals surface area contributed by atoms with E-state index in [0.717, 1.165) is 11.3 Å². The van der Waals surface area contributed by atoms with Crippen LogP contribution in [-0.4, -0.2) is 31.6 Å². The van der Waals surface area contributed by atoms with Crippen LogP contribution in [0.4, 0.5) is 17.2 Å². The van der Waals surface area contributed by atoms with E-state index in [1.165, 1.54) is 13.8 Å². The third-order valence-corrected chi connectivity index (χ3v) is 4.28. The Bertz CT molecular complexity index is 1210. The third-order valence-electron chi connectivity index (χ3n) is 4.28. The fourth-order valence-corrected chi connectivity index (χ4v) is 2.91. The Hall–Kier alpha value is -4.07. The van der Waals surface area contributed by atoms with Crippen molar-refractivity contribution in [3.63, 3.8) is 0 Å². The molecule has 0 aliphatic heterocycles. The molecule has 0 bridgehead atoms. The summed E-state index contributed by atoms with van der Waals surface area (Å²) in [5, 5.41) is 5.99. The number of benzene rings is 2. The average Bonchev–Trinajstić information content (AvgIpc) is 3.18. The molecule has 0 fully saturated rings. The Kier molecular flexibility index (Phi) is 4.74. The van der Waals surface area contributed by atoms with Crippen LogP contribution < -0.4 is 10.6 Å². The lowest BCUT2D eigenvalue weighted by atomic mass is 10.1. The highest BCUT2D eigenvalue weighted by molar-refractivity contribution is 5.95. The first kappa shape index (κ1) is 18.3. The average molecular weight is 386 g/mol. The molecule has 3 N–H and O–H groups in total. The van der Waals surface area contributed by atoms with Crippen LogP contribution in [0.5, 0.6) is 0 Å².